The van der Waals surface area contributed by atoms with E-state index in [0.717, 1.165) is 0 Å². The van der Waals surface area contributed by atoms with E-state index in [9.17, 15) is 9.59 Å². The number of thiophene rings is 1. The number of amides is 2. The van der Waals surface area contributed by atoms with Crippen LogP contribution in [0.5, 0.6) is 5.75 Å². The minimum atomic E-state index is -0.250. The van der Waals surface area contributed by atoms with E-state index in [0.29, 0.717) is 30.2 Å². The molecule has 1 N–H and O–H groups in total. The van der Waals surface area contributed by atoms with E-state index in [-0.39, 0.29) is 18.4 Å². The number of aromatic nitrogens is 1. The number of methoxy groups -OCH3 is 1. The third-order valence-electron chi connectivity index (χ3n) is 4.31. The normalized spacial score (nSPS) is 10.5. The minimum absolute atomic E-state index is 0.0171. The van der Waals surface area contributed by atoms with Crippen molar-refractivity contribution in [2.24, 2.45) is 0 Å². The zero-order valence-electron chi connectivity index (χ0n) is 15.9. The maximum atomic E-state index is 13.0. The summed E-state index contributed by atoms with van der Waals surface area (Å²) in [5.74, 6) is 0.247. The molecule has 0 unspecified atom stereocenters. The number of hydrogen-bond acceptors (Lipinski definition) is 4. The summed E-state index contributed by atoms with van der Waals surface area (Å²) in [5.41, 5.74) is 1.21. The van der Waals surface area contributed by atoms with Crippen molar-refractivity contribution in [3.8, 4) is 5.75 Å². The van der Waals surface area contributed by atoms with Crippen molar-refractivity contribution in [1.82, 2.24) is 9.47 Å². The molecule has 0 bridgehead atoms. The molecule has 2 heterocycles. The first kappa shape index (κ1) is 19.7. The number of rotatable bonds is 8. The summed E-state index contributed by atoms with van der Waals surface area (Å²) >= 11 is 1.65. The second-order valence-corrected chi connectivity index (χ2v) is 7.23. The number of hydrogen-bond donors (Lipinski definition) is 1. The summed E-state index contributed by atoms with van der Waals surface area (Å²) in [6.45, 7) is 2.92. The smallest absolute Gasteiger partial charge is 0.270 e. The molecule has 28 heavy (non-hydrogen) atoms. The average Bonchev–Trinajstić information content (AvgIpc) is 3.38. The third-order valence-corrected chi connectivity index (χ3v) is 5.17. The molecule has 0 aliphatic heterocycles. The zero-order valence-corrected chi connectivity index (χ0v) is 16.7. The van der Waals surface area contributed by atoms with E-state index < -0.39 is 0 Å². The number of carbonyl (C=O) groups excluding carboxylic acids is 2. The molecule has 0 radical (unpaired) electrons. The van der Waals surface area contributed by atoms with Crippen LogP contribution >= 0.6 is 11.3 Å². The molecule has 2 aromatic heterocycles. The number of benzene rings is 1. The molecule has 3 rings (SSSR count). The molecule has 3 aromatic rings. The monoisotopic (exact) mass is 397 g/mol. The van der Waals surface area contributed by atoms with Gasteiger partial charge < -0.3 is 19.5 Å². The molecule has 0 fully saturated rings. The second kappa shape index (κ2) is 9.23. The van der Waals surface area contributed by atoms with Crippen molar-refractivity contribution in [1.29, 1.82) is 0 Å². The topological polar surface area (TPSA) is 63.6 Å². The lowest BCUT2D eigenvalue weighted by atomic mass is 10.3. The standard InChI is InChI=1S/C21H23N3O3S/c1-3-23(15-20(25)22-16-7-4-8-17(13-16)27-2)21(26)19-10-5-11-24(19)14-18-9-6-12-28-18/h4-13H,3,14-15H2,1-2H3,(H,22,25). The van der Waals surface area contributed by atoms with Gasteiger partial charge in [0, 0.05) is 29.4 Å². The molecule has 146 valence electrons. The number of carbonyl (C=O) groups is 2. The molecular formula is C21H23N3O3S. The van der Waals surface area contributed by atoms with Gasteiger partial charge in [0.2, 0.25) is 5.91 Å². The Labute approximate surface area is 168 Å². The quantitative estimate of drug-likeness (QED) is 0.630. The molecule has 0 spiro atoms. The first-order chi connectivity index (χ1) is 13.6. The van der Waals surface area contributed by atoms with Crippen molar-refractivity contribution < 1.29 is 14.3 Å². The summed E-state index contributed by atoms with van der Waals surface area (Å²) in [4.78, 5) is 28.1. The fourth-order valence-electron chi connectivity index (χ4n) is 2.88. The van der Waals surface area contributed by atoms with Gasteiger partial charge in [-0.2, -0.15) is 0 Å². The van der Waals surface area contributed by atoms with Crippen molar-refractivity contribution >= 4 is 28.8 Å². The van der Waals surface area contributed by atoms with Gasteiger partial charge >= 0.3 is 0 Å². The highest BCUT2D eigenvalue weighted by molar-refractivity contribution is 7.09. The first-order valence-corrected chi connectivity index (χ1v) is 9.89. The Morgan fingerprint density at radius 2 is 2.04 bits per heavy atom. The number of nitrogens with zero attached hydrogens (tertiary/aromatic N) is 2. The molecular weight excluding hydrogens is 374 g/mol. The number of ether oxygens (including phenoxy) is 1. The van der Waals surface area contributed by atoms with Gasteiger partial charge in [-0.3, -0.25) is 9.59 Å². The summed E-state index contributed by atoms with van der Waals surface area (Å²) in [6, 6.07) is 14.8. The molecule has 0 saturated carbocycles. The molecule has 6 nitrogen and oxygen atoms in total. The van der Waals surface area contributed by atoms with Crippen LogP contribution in [0.2, 0.25) is 0 Å². The van der Waals surface area contributed by atoms with Gasteiger partial charge in [-0.05, 0) is 42.6 Å². The largest absolute Gasteiger partial charge is 0.497 e. The average molecular weight is 398 g/mol. The van der Waals surface area contributed by atoms with E-state index >= 15 is 0 Å². The van der Waals surface area contributed by atoms with Crippen molar-refractivity contribution in [3.63, 3.8) is 0 Å². The Hall–Kier alpha value is -3.06. The fraction of sp³-hybridized carbons (Fsp3) is 0.238. The molecule has 2 amide bonds. The molecule has 1 aromatic carbocycles. The Balaban J connectivity index is 1.67. The van der Waals surface area contributed by atoms with E-state index in [1.807, 2.05) is 41.3 Å². The van der Waals surface area contributed by atoms with Crippen LogP contribution < -0.4 is 10.1 Å². The van der Waals surface area contributed by atoms with Crippen LogP contribution in [0.15, 0.2) is 60.1 Å². The Kier molecular flexibility index (Phi) is 6.49. The van der Waals surface area contributed by atoms with Gasteiger partial charge in [0.15, 0.2) is 0 Å². The number of anilines is 1. The van der Waals surface area contributed by atoms with Gasteiger partial charge in [0.25, 0.3) is 5.91 Å². The van der Waals surface area contributed by atoms with E-state index in [1.165, 1.54) is 9.78 Å². The van der Waals surface area contributed by atoms with Gasteiger partial charge in [-0.25, -0.2) is 0 Å². The maximum Gasteiger partial charge on any atom is 0.270 e. The summed E-state index contributed by atoms with van der Waals surface area (Å²) in [6.07, 6.45) is 1.89. The van der Waals surface area contributed by atoms with Crippen LogP contribution in [0.1, 0.15) is 22.3 Å². The number of likely N-dealkylation sites (N-methyl/N-ethyl adjacent to an activating group) is 1. The highest BCUT2D eigenvalue weighted by atomic mass is 32.1. The Bertz CT molecular complexity index is 934. The van der Waals surface area contributed by atoms with E-state index in [2.05, 4.69) is 5.32 Å². The summed E-state index contributed by atoms with van der Waals surface area (Å²) in [7, 11) is 1.57. The van der Waals surface area contributed by atoms with E-state index in [1.54, 1.807) is 48.8 Å². The SMILES string of the molecule is CCN(CC(=O)Nc1cccc(OC)c1)C(=O)c1cccn1Cc1cccs1. The number of nitrogens with one attached hydrogen (secondary N) is 1. The Morgan fingerprint density at radius 1 is 1.18 bits per heavy atom. The minimum Gasteiger partial charge on any atom is -0.497 e. The van der Waals surface area contributed by atoms with Gasteiger partial charge in [0.1, 0.15) is 18.0 Å². The summed E-state index contributed by atoms with van der Waals surface area (Å²) < 4.78 is 7.08. The van der Waals surface area contributed by atoms with Crippen LogP contribution in [-0.4, -0.2) is 41.5 Å². The van der Waals surface area contributed by atoms with Gasteiger partial charge in [-0.1, -0.05) is 12.1 Å². The maximum absolute atomic E-state index is 13.0. The van der Waals surface area contributed by atoms with Crippen LogP contribution in [0, 0.1) is 0 Å². The van der Waals surface area contributed by atoms with Gasteiger partial charge in [0.05, 0.1) is 13.7 Å². The third kappa shape index (κ3) is 4.80. The highest BCUT2D eigenvalue weighted by Crippen LogP contribution is 2.17. The van der Waals surface area contributed by atoms with Crippen LogP contribution in [-0.2, 0) is 11.3 Å². The molecule has 0 aliphatic carbocycles. The molecule has 0 atom stereocenters. The zero-order chi connectivity index (χ0) is 19.9. The lowest BCUT2D eigenvalue weighted by molar-refractivity contribution is -0.116. The predicted molar refractivity (Wildman–Crippen MR) is 111 cm³/mol. The van der Waals surface area contributed by atoms with Crippen LogP contribution in [0.3, 0.4) is 0 Å². The fourth-order valence-corrected chi connectivity index (χ4v) is 3.58. The van der Waals surface area contributed by atoms with Crippen molar-refractivity contribution in [2.75, 3.05) is 25.5 Å². The lowest BCUT2D eigenvalue weighted by Crippen LogP contribution is -2.38. The Morgan fingerprint density at radius 3 is 2.75 bits per heavy atom. The van der Waals surface area contributed by atoms with Crippen LogP contribution in [0.4, 0.5) is 5.69 Å². The summed E-state index contributed by atoms with van der Waals surface area (Å²) in [5, 5.41) is 4.83. The predicted octanol–water partition coefficient (Wildman–Crippen LogP) is 3.71. The molecule has 0 saturated heterocycles. The molecule has 0 aliphatic rings. The highest BCUT2D eigenvalue weighted by Gasteiger charge is 2.20. The second-order valence-electron chi connectivity index (χ2n) is 6.20. The van der Waals surface area contributed by atoms with Gasteiger partial charge in [-0.15, -0.1) is 11.3 Å². The lowest BCUT2D eigenvalue weighted by Gasteiger charge is -2.21. The van der Waals surface area contributed by atoms with Crippen LogP contribution in [0.25, 0.3) is 0 Å². The van der Waals surface area contributed by atoms with Crippen molar-refractivity contribution in [3.05, 3.63) is 70.7 Å². The van der Waals surface area contributed by atoms with E-state index in [4.69, 9.17) is 4.74 Å². The first-order valence-electron chi connectivity index (χ1n) is 9.01. The molecule has 7 heteroatoms. The van der Waals surface area contributed by atoms with Crippen molar-refractivity contribution in [2.45, 2.75) is 13.5 Å².